The number of methoxy groups -OCH3 is 1. The van der Waals surface area contributed by atoms with Crippen LogP contribution in [-0.2, 0) is 44.8 Å². The van der Waals surface area contributed by atoms with Crippen LogP contribution in [-0.4, -0.2) is 107 Å². The number of nitrogens with one attached hydrogen (secondary N) is 2. The fourth-order valence-electron chi connectivity index (χ4n) is 6.52. The van der Waals surface area contributed by atoms with Crippen molar-refractivity contribution in [1.29, 1.82) is 0 Å². The fraction of sp³-hybridized carbons (Fsp3) is 0.512. The lowest BCUT2D eigenvalue weighted by atomic mass is 10.0. The Morgan fingerprint density at radius 2 is 1.68 bits per heavy atom. The number of alkyl carbamates (subject to hydrolysis) is 1. The predicted molar refractivity (Wildman–Crippen MR) is 218 cm³/mol. The normalized spacial score (nSPS) is 19.7. The number of sulfonamides is 1. The maximum Gasteiger partial charge on any atom is 0.407 e. The van der Waals surface area contributed by atoms with Gasteiger partial charge in [0.25, 0.3) is 0 Å². The van der Waals surface area contributed by atoms with E-state index in [0.717, 1.165) is 6.42 Å². The van der Waals surface area contributed by atoms with Crippen LogP contribution in [0.5, 0.6) is 17.2 Å². The van der Waals surface area contributed by atoms with Crippen LogP contribution in [0.25, 0.3) is 0 Å². The predicted octanol–water partition coefficient (Wildman–Crippen LogP) is 5.34. The first-order chi connectivity index (χ1) is 28.3. The van der Waals surface area contributed by atoms with Crippen molar-refractivity contribution in [2.24, 2.45) is 11.8 Å². The number of nitrogens with zero attached hydrogens (tertiary/aromatic N) is 1. The highest BCUT2D eigenvalue weighted by molar-refractivity contribution is 7.89. The second-order valence-electron chi connectivity index (χ2n) is 14.8. The molecule has 324 valence electrons. The third-order valence-electron chi connectivity index (χ3n) is 9.67. The van der Waals surface area contributed by atoms with E-state index in [2.05, 4.69) is 10.4 Å². The molecule has 18 heteroatoms. The summed E-state index contributed by atoms with van der Waals surface area (Å²) in [4.78, 5) is 25.7. The fourth-order valence-corrected chi connectivity index (χ4v) is 9.50. The number of rotatable bonds is 23. The number of carbonyl (C=O) groups excluding carboxylic acids is 2. The van der Waals surface area contributed by atoms with Crippen molar-refractivity contribution in [2.45, 2.75) is 75.9 Å². The molecule has 3 aromatic rings. The minimum absolute atomic E-state index is 0.0287. The molecule has 0 aromatic heterocycles. The molecule has 0 saturated carbocycles. The molecule has 3 aromatic carbocycles. The standard InChI is InChI=1S/C41H56N3O13PS/c1-5-6-21-52-39(46)24-42-58(48,57-33-10-8-7-9-11-33)28-55-32-14-12-30(13-15-32)23-36(43-41(47)56-38-27-54-40-35(38)20-22-53-40)37(45)26-44(25-29(2)3)59(49,50)34-18-16-31(51-4)17-19-34/h7-19,29,35-38,40,45H,5-6,20-28H2,1-4H3,(H,42,48)(H,43,47)/t35-,36-,37+,38-,40+,58?/m0/s1. The average molecular weight is 862 g/mol. The molecule has 1 unspecified atom stereocenters. The van der Waals surface area contributed by atoms with Gasteiger partial charge < -0.3 is 43.4 Å². The molecule has 2 aliphatic rings. The first kappa shape index (κ1) is 45.9. The van der Waals surface area contributed by atoms with Gasteiger partial charge in [-0.2, -0.15) is 4.31 Å². The lowest BCUT2D eigenvalue weighted by molar-refractivity contribution is -0.142. The number of ether oxygens (including phenoxy) is 6. The summed E-state index contributed by atoms with van der Waals surface area (Å²) in [6.45, 7) is 6.04. The van der Waals surface area contributed by atoms with Gasteiger partial charge in [-0.15, -0.1) is 0 Å². The van der Waals surface area contributed by atoms with Crippen molar-refractivity contribution in [2.75, 3.05) is 52.9 Å². The number of fused-ring (bicyclic) bond motifs is 1. The average Bonchev–Trinajstić information content (AvgIpc) is 3.85. The number of carbonyl (C=O) groups is 2. The monoisotopic (exact) mass is 861 g/mol. The van der Waals surface area contributed by atoms with Gasteiger partial charge in [-0.1, -0.05) is 57.5 Å². The lowest BCUT2D eigenvalue weighted by Crippen LogP contribution is -2.51. The third kappa shape index (κ3) is 13.6. The molecular weight excluding hydrogens is 805 g/mol. The van der Waals surface area contributed by atoms with Crippen LogP contribution in [0.15, 0.2) is 83.8 Å². The number of para-hydroxylation sites is 1. The number of hydrogen-bond donors (Lipinski definition) is 3. The van der Waals surface area contributed by atoms with E-state index in [0.29, 0.717) is 42.3 Å². The van der Waals surface area contributed by atoms with E-state index >= 15 is 0 Å². The molecule has 6 atom stereocenters. The summed E-state index contributed by atoms with van der Waals surface area (Å²) in [5, 5.41) is 17.2. The summed E-state index contributed by atoms with van der Waals surface area (Å²) in [7, 11) is -6.38. The van der Waals surface area contributed by atoms with Gasteiger partial charge >= 0.3 is 19.6 Å². The smallest absolute Gasteiger partial charge is 0.407 e. The number of esters is 1. The highest BCUT2D eigenvalue weighted by Crippen LogP contribution is 2.43. The van der Waals surface area contributed by atoms with Gasteiger partial charge in [-0.3, -0.25) is 9.36 Å². The third-order valence-corrected chi connectivity index (χ3v) is 13.1. The quantitative estimate of drug-likeness (QED) is 0.0627. The number of benzene rings is 3. The minimum atomic E-state index is -4.08. The molecule has 0 radical (unpaired) electrons. The second kappa shape index (κ2) is 21.9. The van der Waals surface area contributed by atoms with Crippen LogP contribution >= 0.6 is 7.52 Å². The largest absolute Gasteiger partial charge is 0.497 e. The Kier molecular flexibility index (Phi) is 17.0. The van der Waals surface area contributed by atoms with E-state index < -0.39 is 60.5 Å². The molecule has 0 bridgehead atoms. The van der Waals surface area contributed by atoms with Crippen molar-refractivity contribution in [3.8, 4) is 17.2 Å². The summed E-state index contributed by atoms with van der Waals surface area (Å²) < 4.78 is 81.9. The van der Waals surface area contributed by atoms with Gasteiger partial charge in [0.2, 0.25) is 10.0 Å². The SMILES string of the molecule is CCCCOC(=O)CNP(=O)(COc1ccc(C[C@H](NC(=O)O[C@H]2CO[C@H]3OCC[C@H]32)[C@H](O)CN(CC(C)C)S(=O)(=O)c2ccc(OC)cc2)cc1)Oc1ccccc1. The Hall–Kier alpha value is -4.22. The van der Waals surface area contributed by atoms with E-state index in [9.17, 15) is 27.7 Å². The summed E-state index contributed by atoms with van der Waals surface area (Å²) >= 11 is 0. The zero-order valence-corrected chi connectivity index (χ0v) is 35.6. The summed E-state index contributed by atoms with van der Waals surface area (Å²) in [5.74, 6) is 0.353. The molecule has 59 heavy (non-hydrogen) atoms. The number of hydrogen-bond acceptors (Lipinski definition) is 13. The molecule has 2 aliphatic heterocycles. The molecule has 0 aliphatic carbocycles. The van der Waals surface area contributed by atoms with Crippen LogP contribution in [0.2, 0.25) is 0 Å². The van der Waals surface area contributed by atoms with Crippen LogP contribution < -0.4 is 24.4 Å². The second-order valence-corrected chi connectivity index (χ2v) is 18.8. The Morgan fingerprint density at radius 1 is 0.966 bits per heavy atom. The number of amides is 1. The first-order valence-electron chi connectivity index (χ1n) is 19.8. The zero-order valence-electron chi connectivity index (χ0n) is 33.9. The van der Waals surface area contributed by atoms with E-state index in [4.69, 9.17) is 32.9 Å². The molecule has 5 rings (SSSR count). The van der Waals surface area contributed by atoms with Gasteiger partial charge in [0.1, 0.15) is 29.9 Å². The van der Waals surface area contributed by atoms with Gasteiger partial charge in [-0.25, -0.2) is 18.3 Å². The Balaban J connectivity index is 1.30. The van der Waals surface area contributed by atoms with E-state index in [1.165, 1.54) is 23.5 Å². The van der Waals surface area contributed by atoms with Crippen LogP contribution in [0, 0.1) is 11.8 Å². The lowest BCUT2D eigenvalue weighted by Gasteiger charge is -2.31. The van der Waals surface area contributed by atoms with Crippen molar-refractivity contribution in [3.05, 3.63) is 84.4 Å². The molecular formula is C41H56N3O13PS. The number of unbranched alkanes of at least 4 members (excludes halogenated alkanes) is 1. The van der Waals surface area contributed by atoms with Gasteiger partial charge in [0, 0.05) is 13.1 Å². The van der Waals surface area contributed by atoms with Crippen LogP contribution in [0.4, 0.5) is 4.79 Å². The highest BCUT2D eigenvalue weighted by Gasteiger charge is 2.44. The first-order valence-corrected chi connectivity index (χ1v) is 23.0. The highest BCUT2D eigenvalue weighted by atomic mass is 32.2. The van der Waals surface area contributed by atoms with Crippen molar-refractivity contribution < 1.29 is 60.6 Å². The van der Waals surface area contributed by atoms with E-state index in [1.807, 2.05) is 20.8 Å². The van der Waals surface area contributed by atoms with Crippen molar-refractivity contribution >= 4 is 29.6 Å². The van der Waals surface area contributed by atoms with E-state index in [1.54, 1.807) is 66.7 Å². The minimum Gasteiger partial charge on any atom is -0.497 e. The van der Waals surface area contributed by atoms with Crippen molar-refractivity contribution in [1.82, 2.24) is 14.7 Å². The summed E-state index contributed by atoms with van der Waals surface area (Å²) in [5.41, 5.74) is 0.653. The molecule has 2 saturated heterocycles. The Bertz CT molecular complexity index is 1940. The topological polar surface area (TPSA) is 197 Å². The molecule has 2 heterocycles. The van der Waals surface area contributed by atoms with Gasteiger partial charge in [0.05, 0.1) is 49.9 Å². The van der Waals surface area contributed by atoms with Crippen LogP contribution in [0.3, 0.4) is 0 Å². The van der Waals surface area contributed by atoms with Crippen molar-refractivity contribution in [3.63, 3.8) is 0 Å². The molecule has 1 amide bonds. The van der Waals surface area contributed by atoms with Gasteiger partial charge in [-0.05, 0) is 79.3 Å². The maximum absolute atomic E-state index is 13.9. The molecule has 3 N–H and O–H groups in total. The maximum atomic E-state index is 13.9. The van der Waals surface area contributed by atoms with Gasteiger partial charge in [0.15, 0.2) is 12.6 Å². The number of aliphatic hydroxyl groups excluding tert-OH is 1. The molecule has 2 fully saturated rings. The van der Waals surface area contributed by atoms with Crippen LogP contribution in [0.1, 0.15) is 45.6 Å². The number of aliphatic hydroxyl groups is 1. The summed E-state index contributed by atoms with van der Waals surface area (Å²) in [6, 6.07) is 20.1. The molecule has 0 spiro atoms. The zero-order chi connectivity index (χ0) is 42.4. The Labute approximate surface area is 346 Å². The Morgan fingerprint density at radius 3 is 2.36 bits per heavy atom. The van der Waals surface area contributed by atoms with E-state index in [-0.39, 0.29) is 56.0 Å². The molecule has 16 nitrogen and oxygen atoms in total. The summed E-state index contributed by atoms with van der Waals surface area (Å²) in [6.07, 6.45) is -1.28.